The minimum atomic E-state index is -0.310. The van der Waals surface area contributed by atoms with Gasteiger partial charge < -0.3 is 15.8 Å². The van der Waals surface area contributed by atoms with Gasteiger partial charge in [0, 0.05) is 17.0 Å². The second-order valence-electron chi connectivity index (χ2n) is 4.29. The van der Waals surface area contributed by atoms with Gasteiger partial charge in [-0.2, -0.15) is 0 Å². The van der Waals surface area contributed by atoms with Gasteiger partial charge in [-0.15, -0.1) is 11.3 Å². The van der Waals surface area contributed by atoms with Crippen molar-refractivity contribution in [1.29, 1.82) is 0 Å². The molecule has 0 spiro atoms. The third kappa shape index (κ3) is 4.89. The van der Waals surface area contributed by atoms with Crippen molar-refractivity contribution in [2.75, 3.05) is 24.3 Å². The van der Waals surface area contributed by atoms with Gasteiger partial charge in [0.15, 0.2) is 0 Å². The molecular weight excluding hydrogens is 331 g/mol. The second kappa shape index (κ2) is 7.66. The van der Waals surface area contributed by atoms with Gasteiger partial charge in [-0.25, -0.2) is 0 Å². The molecule has 2 aromatic rings. The number of nitrogens with one attached hydrogen (secondary N) is 1. The summed E-state index contributed by atoms with van der Waals surface area (Å²) in [5, 5.41) is 5.22. The molecule has 1 amide bonds. The lowest BCUT2D eigenvalue weighted by Gasteiger charge is -2.10. The van der Waals surface area contributed by atoms with E-state index in [2.05, 4.69) is 5.32 Å². The Morgan fingerprint density at radius 1 is 1.33 bits per heavy atom. The van der Waals surface area contributed by atoms with Gasteiger partial charge in [0.25, 0.3) is 0 Å². The first kappa shape index (κ1) is 16.1. The highest BCUT2D eigenvalue weighted by Gasteiger charge is 2.11. The summed E-state index contributed by atoms with van der Waals surface area (Å²) in [7, 11) is 0. The van der Waals surface area contributed by atoms with Crippen LogP contribution < -0.4 is 11.1 Å². The Kier molecular flexibility index (Phi) is 5.87. The Morgan fingerprint density at radius 2 is 2.05 bits per heavy atom. The molecule has 1 aromatic heterocycles. The number of carbonyl (C=O) groups excluding carboxylic acids is 1. The Labute approximate surface area is 136 Å². The lowest BCUT2D eigenvalue weighted by Crippen LogP contribution is -2.19. The van der Waals surface area contributed by atoms with E-state index in [0.717, 1.165) is 6.42 Å². The smallest absolute Gasteiger partial charge is 0.250 e. The molecule has 21 heavy (non-hydrogen) atoms. The molecule has 4 nitrogen and oxygen atoms in total. The Balaban J connectivity index is 1.79. The van der Waals surface area contributed by atoms with Crippen molar-refractivity contribution in [3.63, 3.8) is 0 Å². The number of ether oxygens (including phenoxy) is 1. The first-order valence-electron chi connectivity index (χ1n) is 6.21. The number of nitrogens with two attached hydrogens (primary N) is 1. The molecule has 1 heterocycles. The van der Waals surface area contributed by atoms with E-state index in [1.54, 1.807) is 11.3 Å². The summed E-state index contributed by atoms with van der Waals surface area (Å²) in [5.74, 6) is -0.310. The molecule has 0 radical (unpaired) electrons. The normalized spacial score (nSPS) is 10.6. The number of hydrogen-bond acceptors (Lipinski definition) is 4. The van der Waals surface area contributed by atoms with Crippen LogP contribution in [0.25, 0.3) is 0 Å². The maximum atomic E-state index is 11.8. The van der Waals surface area contributed by atoms with E-state index in [-0.39, 0.29) is 12.5 Å². The number of thiophene rings is 1. The van der Waals surface area contributed by atoms with E-state index in [4.69, 9.17) is 33.7 Å². The van der Waals surface area contributed by atoms with Crippen LogP contribution in [0.1, 0.15) is 4.88 Å². The van der Waals surface area contributed by atoms with E-state index in [1.807, 2.05) is 17.5 Å². The Morgan fingerprint density at radius 3 is 2.67 bits per heavy atom. The van der Waals surface area contributed by atoms with Gasteiger partial charge in [0.2, 0.25) is 5.91 Å². The van der Waals surface area contributed by atoms with Crippen molar-refractivity contribution in [2.24, 2.45) is 0 Å². The minimum absolute atomic E-state index is 0.0532. The average Bonchev–Trinajstić information content (AvgIpc) is 2.92. The van der Waals surface area contributed by atoms with Crippen LogP contribution in [0, 0.1) is 0 Å². The van der Waals surface area contributed by atoms with Crippen LogP contribution in [-0.4, -0.2) is 19.1 Å². The summed E-state index contributed by atoms with van der Waals surface area (Å²) in [5.41, 5.74) is 6.39. The number of benzene rings is 1. The fourth-order valence-electron chi connectivity index (χ4n) is 1.68. The number of amides is 1. The van der Waals surface area contributed by atoms with Crippen molar-refractivity contribution in [2.45, 2.75) is 6.42 Å². The highest BCUT2D eigenvalue weighted by molar-refractivity contribution is 7.09. The van der Waals surface area contributed by atoms with Gasteiger partial charge >= 0.3 is 0 Å². The summed E-state index contributed by atoms with van der Waals surface area (Å²) in [4.78, 5) is 13.0. The molecule has 1 aromatic carbocycles. The topological polar surface area (TPSA) is 64.3 Å². The molecule has 3 N–H and O–H groups in total. The van der Waals surface area contributed by atoms with Gasteiger partial charge in [-0.3, -0.25) is 4.79 Å². The van der Waals surface area contributed by atoms with E-state index in [1.165, 1.54) is 17.0 Å². The van der Waals surface area contributed by atoms with E-state index >= 15 is 0 Å². The van der Waals surface area contributed by atoms with Crippen LogP contribution in [0.4, 0.5) is 11.4 Å². The van der Waals surface area contributed by atoms with Gasteiger partial charge in [-0.05, 0) is 23.6 Å². The molecule has 0 aliphatic rings. The number of rotatable bonds is 6. The summed E-state index contributed by atoms with van der Waals surface area (Å²) in [6.07, 6.45) is 0.786. The maximum absolute atomic E-state index is 11.8. The summed E-state index contributed by atoms with van der Waals surface area (Å²) < 4.78 is 5.33. The average molecular weight is 345 g/mol. The van der Waals surface area contributed by atoms with Crippen LogP contribution in [0.5, 0.6) is 0 Å². The van der Waals surface area contributed by atoms with Crippen LogP contribution >= 0.6 is 34.5 Å². The first-order chi connectivity index (χ1) is 10.1. The van der Waals surface area contributed by atoms with Crippen LogP contribution in [0.15, 0.2) is 29.6 Å². The number of halogens is 2. The SMILES string of the molecule is Nc1cc(Cl)c(NC(=O)COCCc2cccs2)c(Cl)c1. The minimum Gasteiger partial charge on any atom is -0.399 e. The molecule has 0 unspecified atom stereocenters. The van der Waals surface area contributed by atoms with Crippen LogP contribution in [-0.2, 0) is 16.0 Å². The van der Waals surface area contributed by atoms with Gasteiger partial charge in [0.05, 0.1) is 22.3 Å². The standard InChI is InChI=1S/C14H14Cl2N2O2S/c15-11-6-9(17)7-12(16)14(11)18-13(19)8-20-4-3-10-2-1-5-21-10/h1-2,5-7H,3-4,8,17H2,(H,18,19). The molecule has 2 rings (SSSR count). The third-order valence-corrected chi connectivity index (χ3v) is 4.17. The van der Waals surface area contributed by atoms with Crippen molar-refractivity contribution in [3.05, 3.63) is 44.6 Å². The first-order valence-corrected chi connectivity index (χ1v) is 7.84. The molecule has 0 saturated carbocycles. The van der Waals surface area contributed by atoms with Crippen molar-refractivity contribution in [1.82, 2.24) is 0 Å². The number of carbonyl (C=O) groups is 1. The zero-order valence-electron chi connectivity index (χ0n) is 11.1. The zero-order chi connectivity index (χ0) is 15.2. The summed E-state index contributed by atoms with van der Waals surface area (Å²) in [6.45, 7) is 0.430. The van der Waals surface area contributed by atoms with Crippen LogP contribution in [0.3, 0.4) is 0 Å². The summed E-state index contributed by atoms with van der Waals surface area (Å²) >= 11 is 13.6. The Bertz CT molecular complexity index is 594. The Hall–Kier alpha value is -1.27. The molecule has 0 bridgehead atoms. The largest absolute Gasteiger partial charge is 0.399 e. The van der Waals surface area contributed by atoms with Gasteiger partial charge in [-0.1, -0.05) is 29.3 Å². The lowest BCUT2D eigenvalue weighted by atomic mass is 10.3. The fraction of sp³-hybridized carbons (Fsp3) is 0.214. The van der Waals surface area contributed by atoms with Crippen molar-refractivity contribution < 1.29 is 9.53 Å². The number of nitrogen functional groups attached to an aromatic ring is 1. The quantitative estimate of drug-likeness (QED) is 0.618. The molecule has 7 heteroatoms. The fourth-order valence-corrected chi connectivity index (χ4v) is 2.97. The highest BCUT2D eigenvalue weighted by atomic mass is 35.5. The number of anilines is 2. The van der Waals surface area contributed by atoms with Crippen LogP contribution in [0.2, 0.25) is 10.0 Å². The van der Waals surface area contributed by atoms with Gasteiger partial charge in [0.1, 0.15) is 6.61 Å². The maximum Gasteiger partial charge on any atom is 0.250 e. The zero-order valence-corrected chi connectivity index (χ0v) is 13.4. The third-order valence-electron chi connectivity index (χ3n) is 2.63. The highest BCUT2D eigenvalue weighted by Crippen LogP contribution is 2.32. The molecule has 0 aliphatic heterocycles. The van der Waals surface area contributed by atoms with E-state index < -0.39 is 0 Å². The van der Waals surface area contributed by atoms with Crippen molar-refractivity contribution in [3.8, 4) is 0 Å². The van der Waals surface area contributed by atoms with E-state index in [0.29, 0.717) is 28.0 Å². The number of hydrogen-bond donors (Lipinski definition) is 2. The molecule has 0 fully saturated rings. The second-order valence-corrected chi connectivity index (χ2v) is 6.14. The molecule has 112 valence electrons. The monoisotopic (exact) mass is 344 g/mol. The lowest BCUT2D eigenvalue weighted by molar-refractivity contribution is -0.120. The molecule has 0 atom stereocenters. The van der Waals surface area contributed by atoms with E-state index in [9.17, 15) is 4.79 Å². The molecular formula is C14H14Cl2N2O2S. The van der Waals surface area contributed by atoms with Crippen molar-refractivity contribution >= 4 is 51.8 Å². The summed E-state index contributed by atoms with van der Waals surface area (Å²) in [6, 6.07) is 7.07. The predicted molar refractivity (Wildman–Crippen MR) is 88.3 cm³/mol. The molecule has 0 saturated heterocycles. The molecule has 0 aliphatic carbocycles. The predicted octanol–water partition coefficient (Wildman–Crippen LogP) is 3.83.